The van der Waals surface area contributed by atoms with Gasteiger partial charge in [0.1, 0.15) is 6.07 Å². The number of hydrogen-bond donors (Lipinski definition) is 1. The van der Waals surface area contributed by atoms with E-state index in [1.807, 2.05) is 13.0 Å². The normalized spacial score (nSPS) is 10.1. The fourth-order valence-electron chi connectivity index (χ4n) is 1.43. The molecule has 1 aromatic heterocycles. The number of hydrogen-bond acceptors (Lipinski definition) is 5. The topological polar surface area (TPSA) is 69.8 Å². The second-order valence-electron chi connectivity index (χ2n) is 3.68. The first-order valence-electron chi connectivity index (χ1n) is 5.34. The number of rotatable bonds is 3. The van der Waals surface area contributed by atoms with Crippen molar-refractivity contribution >= 4 is 11.8 Å². The van der Waals surface area contributed by atoms with Crippen LogP contribution in [0.5, 0.6) is 0 Å². The smallest absolute Gasteiger partial charge is 0.192 e. The summed E-state index contributed by atoms with van der Waals surface area (Å²) in [4.78, 5) is 9.22. The standard InChI is InChI=1S/C13H11N3OS/c1-9-4-5-15-13(16-9)18-12-3-2-10(8-17)6-11(12)7-14/h2-6,17H,8H2,1H3. The van der Waals surface area contributed by atoms with E-state index in [0.717, 1.165) is 16.2 Å². The van der Waals surface area contributed by atoms with Crippen molar-refractivity contribution in [3.8, 4) is 6.07 Å². The van der Waals surface area contributed by atoms with Gasteiger partial charge in [-0.1, -0.05) is 6.07 Å². The van der Waals surface area contributed by atoms with Crippen LogP contribution in [0.1, 0.15) is 16.8 Å². The summed E-state index contributed by atoms with van der Waals surface area (Å²) in [5.41, 5.74) is 2.13. The fourth-order valence-corrected chi connectivity index (χ4v) is 2.28. The molecule has 0 atom stereocenters. The Labute approximate surface area is 109 Å². The number of aryl methyl sites for hydroxylation is 1. The highest BCUT2D eigenvalue weighted by Gasteiger charge is 2.07. The van der Waals surface area contributed by atoms with Crippen LogP contribution in [-0.2, 0) is 6.61 Å². The highest BCUT2D eigenvalue weighted by Crippen LogP contribution is 2.28. The summed E-state index contributed by atoms with van der Waals surface area (Å²) in [6.07, 6.45) is 1.69. The third-order valence-corrected chi connectivity index (χ3v) is 3.28. The van der Waals surface area contributed by atoms with Gasteiger partial charge in [-0.2, -0.15) is 5.26 Å². The van der Waals surface area contributed by atoms with E-state index in [2.05, 4.69) is 16.0 Å². The Morgan fingerprint density at radius 3 is 2.89 bits per heavy atom. The largest absolute Gasteiger partial charge is 0.392 e. The molecule has 5 heteroatoms. The molecule has 1 N–H and O–H groups in total. The van der Waals surface area contributed by atoms with Gasteiger partial charge in [-0.25, -0.2) is 9.97 Å². The molecular formula is C13H11N3OS. The third-order valence-electron chi connectivity index (χ3n) is 2.32. The second-order valence-corrected chi connectivity index (χ2v) is 4.69. The molecule has 1 aromatic carbocycles. The molecule has 2 aromatic rings. The Hall–Kier alpha value is -1.90. The summed E-state index contributed by atoms with van der Waals surface area (Å²) in [6, 6.07) is 9.22. The van der Waals surface area contributed by atoms with Crippen molar-refractivity contribution < 1.29 is 5.11 Å². The number of aromatic nitrogens is 2. The summed E-state index contributed by atoms with van der Waals surface area (Å²) >= 11 is 1.35. The minimum atomic E-state index is -0.0689. The lowest BCUT2D eigenvalue weighted by Crippen LogP contribution is -1.91. The van der Waals surface area contributed by atoms with Crippen LogP contribution in [0.15, 0.2) is 40.5 Å². The van der Waals surface area contributed by atoms with Gasteiger partial charge in [-0.3, -0.25) is 0 Å². The van der Waals surface area contributed by atoms with Gasteiger partial charge >= 0.3 is 0 Å². The Kier molecular flexibility index (Phi) is 3.92. The van der Waals surface area contributed by atoms with E-state index in [4.69, 9.17) is 10.4 Å². The quantitative estimate of drug-likeness (QED) is 0.854. The molecule has 90 valence electrons. The van der Waals surface area contributed by atoms with Gasteiger partial charge in [0.05, 0.1) is 12.2 Å². The molecule has 0 radical (unpaired) electrons. The molecular weight excluding hydrogens is 246 g/mol. The number of nitrogens with zero attached hydrogens (tertiary/aromatic N) is 3. The van der Waals surface area contributed by atoms with E-state index < -0.39 is 0 Å². The Morgan fingerprint density at radius 1 is 1.39 bits per heavy atom. The van der Waals surface area contributed by atoms with Crippen molar-refractivity contribution in [3.63, 3.8) is 0 Å². The average molecular weight is 257 g/mol. The van der Waals surface area contributed by atoms with Gasteiger partial charge in [-0.15, -0.1) is 0 Å². The summed E-state index contributed by atoms with van der Waals surface area (Å²) in [7, 11) is 0. The van der Waals surface area contributed by atoms with Gasteiger partial charge < -0.3 is 5.11 Å². The van der Waals surface area contributed by atoms with Gasteiger partial charge in [-0.05, 0) is 42.4 Å². The monoisotopic (exact) mass is 257 g/mol. The number of aliphatic hydroxyl groups excluding tert-OH is 1. The van der Waals surface area contributed by atoms with E-state index in [1.165, 1.54) is 11.8 Å². The van der Waals surface area contributed by atoms with Crippen molar-refractivity contribution in [1.29, 1.82) is 5.26 Å². The molecule has 0 unspecified atom stereocenters. The molecule has 4 nitrogen and oxygen atoms in total. The minimum absolute atomic E-state index is 0.0689. The summed E-state index contributed by atoms with van der Waals surface area (Å²) in [6.45, 7) is 1.83. The third kappa shape index (κ3) is 2.86. The van der Waals surface area contributed by atoms with Crippen LogP contribution in [0.2, 0.25) is 0 Å². The zero-order chi connectivity index (χ0) is 13.0. The highest BCUT2D eigenvalue weighted by atomic mass is 32.2. The Morgan fingerprint density at radius 2 is 2.22 bits per heavy atom. The first-order valence-corrected chi connectivity index (χ1v) is 6.16. The van der Waals surface area contributed by atoms with E-state index in [1.54, 1.807) is 24.4 Å². The van der Waals surface area contributed by atoms with E-state index in [0.29, 0.717) is 10.7 Å². The predicted octanol–water partition coefficient (Wildman–Crippen LogP) is 2.30. The molecule has 0 bridgehead atoms. The van der Waals surface area contributed by atoms with Crippen molar-refractivity contribution in [2.75, 3.05) is 0 Å². The van der Waals surface area contributed by atoms with Crippen molar-refractivity contribution in [3.05, 3.63) is 47.3 Å². The van der Waals surface area contributed by atoms with E-state index in [9.17, 15) is 0 Å². The van der Waals surface area contributed by atoms with Crippen LogP contribution >= 0.6 is 11.8 Å². The van der Waals surface area contributed by atoms with Crippen LogP contribution in [-0.4, -0.2) is 15.1 Å². The molecule has 0 saturated carbocycles. The molecule has 0 fully saturated rings. The van der Waals surface area contributed by atoms with Crippen molar-refractivity contribution in [2.45, 2.75) is 23.6 Å². The zero-order valence-corrected chi connectivity index (χ0v) is 10.6. The van der Waals surface area contributed by atoms with Gasteiger partial charge in [0.25, 0.3) is 0 Å². The van der Waals surface area contributed by atoms with Gasteiger partial charge in [0, 0.05) is 16.8 Å². The lowest BCUT2D eigenvalue weighted by molar-refractivity contribution is 0.281. The number of nitriles is 1. The molecule has 2 rings (SSSR count). The van der Waals surface area contributed by atoms with Crippen LogP contribution in [0.4, 0.5) is 0 Å². The molecule has 0 aliphatic carbocycles. The van der Waals surface area contributed by atoms with Crippen molar-refractivity contribution in [1.82, 2.24) is 9.97 Å². The fraction of sp³-hybridized carbons (Fsp3) is 0.154. The number of benzene rings is 1. The molecule has 18 heavy (non-hydrogen) atoms. The molecule has 0 spiro atoms. The SMILES string of the molecule is Cc1ccnc(Sc2ccc(CO)cc2C#N)n1. The predicted molar refractivity (Wildman–Crippen MR) is 68.0 cm³/mol. The molecule has 1 heterocycles. The second kappa shape index (κ2) is 5.63. The first kappa shape index (κ1) is 12.6. The zero-order valence-electron chi connectivity index (χ0n) is 9.79. The van der Waals surface area contributed by atoms with Gasteiger partial charge in [0.2, 0.25) is 0 Å². The molecule has 0 aliphatic rings. The summed E-state index contributed by atoms with van der Waals surface area (Å²) in [5.74, 6) is 0. The minimum Gasteiger partial charge on any atom is -0.392 e. The molecule has 0 saturated heterocycles. The van der Waals surface area contributed by atoms with Crippen LogP contribution in [0, 0.1) is 18.3 Å². The Bertz CT molecular complexity index is 607. The maximum absolute atomic E-state index is 9.09. The van der Waals surface area contributed by atoms with Crippen LogP contribution in [0.25, 0.3) is 0 Å². The van der Waals surface area contributed by atoms with Crippen LogP contribution in [0.3, 0.4) is 0 Å². The van der Waals surface area contributed by atoms with E-state index >= 15 is 0 Å². The Balaban J connectivity index is 2.32. The maximum Gasteiger partial charge on any atom is 0.192 e. The number of aliphatic hydroxyl groups is 1. The summed E-state index contributed by atoms with van der Waals surface area (Å²) < 4.78 is 0. The summed E-state index contributed by atoms with van der Waals surface area (Å²) in [5, 5.41) is 18.7. The maximum atomic E-state index is 9.09. The van der Waals surface area contributed by atoms with E-state index in [-0.39, 0.29) is 6.61 Å². The lowest BCUT2D eigenvalue weighted by atomic mass is 10.1. The lowest BCUT2D eigenvalue weighted by Gasteiger charge is -2.04. The highest BCUT2D eigenvalue weighted by molar-refractivity contribution is 7.99. The first-order chi connectivity index (χ1) is 8.72. The molecule has 0 aliphatic heterocycles. The average Bonchev–Trinajstić information content (AvgIpc) is 2.39. The van der Waals surface area contributed by atoms with Crippen LogP contribution < -0.4 is 0 Å². The van der Waals surface area contributed by atoms with Gasteiger partial charge in [0.15, 0.2) is 5.16 Å². The van der Waals surface area contributed by atoms with Crippen molar-refractivity contribution in [2.24, 2.45) is 0 Å². The molecule has 0 amide bonds.